The van der Waals surface area contributed by atoms with Crippen LogP contribution in [0.25, 0.3) is 22.4 Å². The van der Waals surface area contributed by atoms with Gasteiger partial charge in [-0.2, -0.15) is 0 Å². The number of nitrogens with zero attached hydrogens (tertiary/aromatic N) is 3. The van der Waals surface area contributed by atoms with Gasteiger partial charge < -0.3 is 20.1 Å². The third kappa shape index (κ3) is 4.63. The minimum Gasteiger partial charge on any atom is -0.375 e. The van der Waals surface area contributed by atoms with Crippen molar-refractivity contribution in [2.45, 2.75) is 19.9 Å². The van der Waals surface area contributed by atoms with Crippen LogP contribution in [0, 0.1) is 6.92 Å². The maximum absolute atomic E-state index is 6.65. The normalized spacial score (nSPS) is 15.8. The number of imidazole rings is 1. The van der Waals surface area contributed by atoms with Crippen LogP contribution in [0.15, 0.2) is 49.6 Å². The van der Waals surface area contributed by atoms with E-state index in [1.807, 2.05) is 24.3 Å². The summed E-state index contributed by atoms with van der Waals surface area (Å²) in [5.41, 5.74) is 6.94. The van der Waals surface area contributed by atoms with Crippen molar-refractivity contribution in [1.29, 1.82) is 0 Å². The second-order valence-electron chi connectivity index (χ2n) is 8.42. The highest BCUT2D eigenvalue weighted by atomic mass is 35.5. The molecule has 1 aliphatic heterocycles. The Hall–Kier alpha value is -2.76. The Bertz CT molecular complexity index is 1120. The standard InChI is InChI=1S/C25H30ClN5/c1-16-6-9-23-24(14-16)29-25(28-23)18(3)27-17(2)20-7-8-21(22(26)15-20)19(4)31-12-10-30(5)11-13-31/h6-9,14-15,18,27H,2,4,10-13H2,1,3,5H3,(H,28,29). The Balaban J connectivity index is 1.45. The summed E-state index contributed by atoms with van der Waals surface area (Å²) in [4.78, 5) is 12.7. The first-order valence-corrected chi connectivity index (χ1v) is 11.0. The number of nitrogens with one attached hydrogen (secondary N) is 2. The monoisotopic (exact) mass is 435 g/mol. The Morgan fingerprint density at radius 3 is 2.58 bits per heavy atom. The molecule has 31 heavy (non-hydrogen) atoms. The number of hydrogen-bond acceptors (Lipinski definition) is 4. The van der Waals surface area contributed by atoms with Gasteiger partial charge in [-0.05, 0) is 50.2 Å². The molecule has 0 aliphatic carbocycles. The van der Waals surface area contributed by atoms with Crippen molar-refractivity contribution in [2.75, 3.05) is 33.2 Å². The number of aromatic nitrogens is 2. The average Bonchev–Trinajstić information content (AvgIpc) is 3.17. The Labute approximate surface area is 189 Å². The molecule has 1 atom stereocenters. The Kier molecular flexibility index (Phi) is 6.08. The molecule has 1 saturated heterocycles. The minimum atomic E-state index is -0.0148. The van der Waals surface area contributed by atoms with Crippen molar-refractivity contribution >= 4 is 34.0 Å². The molecule has 4 rings (SSSR count). The van der Waals surface area contributed by atoms with Crippen LogP contribution in [0.3, 0.4) is 0 Å². The Morgan fingerprint density at radius 1 is 1.13 bits per heavy atom. The van der Waals surface area contributed by atoms with E-state index in [-0.39, 0.29) is 6.04 Å². The maximum Gasteiger partial charge on any atom is 0.129 e. The van der Waals surface area contributed by atoms with Crippen molar-refractivity contribution in [1.82, 2.24) is 25.1 Å². The molecule has 5 nitrogen and oxygen atoms in total. The zero-order valence-corrected chi connectivity index (χ0v) is 19.3. The lowest BCUT2D eigenvalue weighted by Gasteiger charge is -2.35. The van der Waals surface area contributed by atoms with Gasteiger partial charge in [-0.3, -0.25) is 0 Å². The van der Waals surface area contributed by atoms with Gasteiger partial charge >= 0.3 is 0 Å². The molecule has 1 aromatic heterocycles. The molecule has 0 spiro atoms. The molecule has 162 valence electrons. The molecular formula is C25H30ClN5. The molecule has 0 radical (unpaired) electrons. The van der Waals surface area contributed by atoms with Gasteiger partial charge in [-0.1, -0.05) is 43.0 Å². The van der Waals surface area contributed by atoms with Crippen LogP contribution in [0.4, 0.5) is 0 Å². The molecule has 2 aromatic carbocycles. The predicted molar refractivity (Wildman–Crippen MR) is 131 cm³/mol. The summed E-state index contributed by atoms with van der Waals surface area (Å²) in [6, 6.07) is 12.3. The fourth-order valence-corrected chi connectivity index (χ4v) is 4.23. The highest BCUT2D eigenvalue weighted by molar-refractivity contribution is 6.32. The van der Waals surface area contributed by atoms with E-state index < -0.39 is 0 Å². The summed E-state index contributed by atoms with van der Waals surface area (Å²) in [5.74, 6) is 0.882. The van der Waals surface area contributed by atoms with Crippen LogP contribution in [-0.2, 0) is 0 Å². The molecule has 3 aromatic rings. The molecule has 0 bridgehead atoms. The Morgan fingerprint density at radius 2 is 1.87 bits per heavy atom. The van der Waals surface area contributed by atoms with Crippen LogP contribution in [0.2, 0.25) is 5.02 Å². The van der Waals surface area contributed by atoms with E-state index in [4.69, 9.17) is 16.6 Å². The van der Waals surface area contributed by atoms with E-state index in [1.165, 1.54) is 5.56 Å². The molecule has 1 fully saturated rings. The number of halogens is 1. The summed E-state index contributed by atoms with van der Waals surface area (Å²) in [6.45, 7) is 16.7. The number of piperazine rings is 1. The summed E-state index contributed by atoms with van der Waals surface area (Å²) >= 11 is 6.65. The van der Waals surface area contributed by atoms with Crippen LogP contribution in [0.5, 0.6) is 0 Å². The fraction of sp³-hybridized carbons (Fsp3) is 0.320. The van der Waals surface area contributed by atoms with Crippen molar-refractivity contribution in [3.63, 3.8) is 0 Å². The topological polar surface area (TPSA) is 47.2 Å². The largest absolute Gasteiger partial charge is 0.375 e. The lowest BCUT2D eigenvalue weighted by molar-refractivity contribution is 0.207. The summed E-state index contributed by atoms with van der Waals surface area (Å²) in [6.07, 6.45) is 0. The molecule has 1 aliphatic rings. The molecule has 0 saturated carbocycles. The van der Waals surface area contributed by atoms with Crippen molar-refractivity contribution in [2.24, 2.45) is 0 Å². The molecule has 2 heterocycles. The number of fused-ring (bicyclic) bond motifs is 1. The lowest BCUT2D eigenvalue weighted by Crippen LogP contribution is -2.43. The number of aryl methyl sites for hydroxylation is 1. The SMILES string of the molecule is C=C(NC(C)c1nc2ccc(C)cc2[nH]1)c1ccc(C(=C)N2CCN(C)CC2)c(Cl)c1. The van der Waals surface area contributed by atoms with E-state index in [9.17, 15) is 0 Å². The van der Waals surface area contributed by atoms with Gasteiger partial charge in [0.25, 0.3) is 0 Å². The maximum atomic E-state index is 6.65. The summed E-state index contributed by atoms with van der Waals surface area (Å²) in [5, 5.41) is 4.14. The van der Waals surface area contributed by atoms with Crippen LogP contribution in [-0.4, -0.2) is 53.0 Å². The smallest absolute Gasteiger partial charge is 0.129 e. The lowest BCUT2D eigenvalue weighted by atomic mass is 10.1. The van der Waals surface area contributed by atoms with Gasteiger partial charge in [0.15, 0.2) is 0 Å². The minimum absolute atomic E-state index is 0.0148. The third-order valence-electron chi connectivity index (χ3n) is 5.97. The second-order valence-corrected chi connectivity index (χ2v) is 8.83. The number of H-pyrrole nitrogens is 1. The van der Waals surface area contributed by atoms with Gasteiger partial charge in [0.1, 0.15) is 5.82 Å². The molecule has 1 unspecified atom stereocenters. The van der Waals surface area contributed by atoms with Crippen LogP contribution < -0.4 is 5.32 Å². The molecule has 6 heteroatoms. The van der Waals surface area contributed by atoms with E-state index in [2.05, 4.69) is 66.3 Å². The first-order valence-electron chi connectivity index (χ1n) is 10.7. The number of likely N-dealkylation sites (N-methyl/N-ethyl adjacent to an activating group) is 1. The van der Waals surface area contributed by atoms with Gasteiger partial charge in [0, 0.05) is 43.1 Å². The van der Waals surface area contributed by atoms with Crippen molar-refractivity contribution < 1.29 is 0 Å². The fourth-order valence-electron chi connectivity index (χ4n) is 3.94. The van der Waals surface area contributed by atoms with Crippen molar-refractivity contribution in [3.8, 4) is 0 Å². The number of aromatic amines is 1. The summed E-state index contributed by atoms with van der Waals surface area (Å²) < 4.78 is 0. The zero-order chi connectivity index (χ0) is 22.1. The highest BCUT2D eigenvalue weighted by Crippen LogP contribution is 2.29. The van der Waals surface area contributed by atoms with Gasteiger partial charge in [-0.25, -0.2) is 4.98 Å². The zero-order valence-electron chi connectivity index (χ0n) is 18.5. The number of benzene rings is 2. The number of rotatable bonds is 6. The third-order valence-corrected chi connectivity index (χ3v) is 6.28. The molecular weight excluding hydrogens is 406 g/mol. The quantitative estimate of drug-likeness (QED) is 0.567. The van der Waals surface area contributed by atoms with E-state index in [0.29, 0.717) is 5.02 Å². The summed E-state index contributed by atoms with van der Waals surface area (Å²) in [7, 11) is 2.15. The van der Waals surface area contributed by atoms with Crippen LogP contribution in [0.1, 0.15) is 35.5 Å². The molecule has 0 amide bonds. The van der Waals surface area contributed by atoms with Gasteiger partial charge in [-0.15, -0.1) is 0 Å². The van der Waals surface area contributed by atoms with Crippen LogP contribution >= 0.6 is 11.6 Å². The van der Waals surface area contributed by atoms with E-state index >= 15 is 0 Å². The second kappa shape index (κ2) is 8.77. The van der Waals surface area contributed by atoms with Gasteiger partial charge in [0.2, 0.25) is 0 Å². The highest BCUT2D eigenvalue weighted by Gasteiger charge is 2.18. The average molecular weight is 436 g/mol. The first-order chi connectivity index (χ1) is 14.8. The van der Waals surface area contributed by atoms with E-state index in [1.54, 1.807) is 0 Å². The van der Waals surface area contributed by atoms with E-state index in [0.717, 1.165) is 65.6 Å². The van der Waals surface area contributed by atoms with Gasteiger partial charge in [0.05, 0.1) is 22.1 Å². The molecule has 2 N–H and O–H groups in total. The van der Waals surface area contributed by atoms with Crippen molar-refractivity contribution in [3.05, 3.63) is 77.1 Å². The first kappa shape index (κ1) is 21.5. The number of hydrogen-bond donors (Lipinski definition) is 2. The predicted octanol–water partition coefficient (Wildman–Crippen LogP) is 5.06.